The van der Waals surface area contributed by atoms with Gasteiger partial charge in [-0.25, -0.2) is 0 Å². The lowest BCUT2D eigenvalue weighted by atomic mass is 10.1. The quantitative estimate of drug-likeness (QED) is 0.400. The maximum Gasteiger partial charge on any atom is 0.224 e. The van der Waals surface area contributed by atoms with Crippen molar-refractivity contribution in [2.45, 2.75) is 72.3 Å². The van der Waals surface area contributed by atoms with Gasteiger partial charge in [-0.05, 0) is 51.2 Å². The van der Waals surface area contributed by atoms with E-state index >= 15 is 0 Å². The number of ketones is 1. The van der Waals surface area contributed by atoms with E-state index in [0.717, 1.165) is 6.42 Å². The fourth-order valence-corrected chi connectivity index (χ4v) is 3.80. The van der Waals surface area contributed by atoms with Crippen molar-refractivity contribution in [3.8, 4) is 5.75 Å². The number of rotatable bonds is 12. The molecule has 1 aromatic carbocycles. The van der Waals surface area contributed by atoms with E-state index in [0.29, 0.717) is 42.6 Å². The van der Waals surface area contributed by atoms with Crippen LogP contribution in [-0.4, -0.2) is 45.3 Å². The smallest absolute Gasteiger partial charge is 0.224 e. The Morgan fingerprint density at radius 2 is 1.86 bits per heavy atom. The van der Waals surface area contributed by atoms with Crippen LogP contribution in [-0.2, 0) is 9.22 Å². The highest BCUT2D eigenvalue weighted by atomic mass is 28.4. The van der Waals surface area contributed by atoms with Crippen LogP contribution in [0, 0.1) is 0 Å². The molecular formula is C21H36N2O4Si. The number of Topliss-reactive ketones (excluding diaryl/α,β-unsaturated/α-hetero) is 1. The zero-order valence-corrected chi connectivity index (χ0v) is 19.3. The number of benzene rings is 1. The number of carbonyl (C=O) groups is 2. The maximum absolute atomic E-state index is 12.1. The largest absolute Gasteiger partial charge is 0.490 e. The molecule has 2 N–H and O–H groups in total. The fraction of sp³-hybridized carbons (Fsp3) is 0.619. The third-order valence-corrected chi connectivity index (χ3v) is 4.86. The van der Waals surface area contributed by atoms with Crippen molar-refractivity contribution in [2.75, 3.05) is 18.5 Å². The van der Waals surface area contributed by atoms with Gasteiger partial charge in [0.05, 0.1) is 11.7 Å². The van der Waals surface area contributed by atoms with Gasteiger partial charge in [-0.2, -0.15) is 0 Å². The van der Waals surface area contributed by atoms with Gasteiger partial charge in [0, 0.05) is 24.7 Å². The zero-order valence-electron chi connectivity index (χ0n) is 18.3. The molecule has 1 atom stereocenters. The predicted molar refractivity (Wildman–Crippen MR) is 117 cm³/mol. The second kappa shape index (κ2) is 11.3. The molecule has 0 spiro atoms. The third kappa shape index (κ3) is 9.48. The Balaban J connectivity index is 2.89. The molecule has 0 aliphatic carbocycles. The van der Waals surface area contributed by atoms with Gasteiger partial charge in [-0.3, -0.25) is 9.59 Å². The molecule has 7 heteroatoms. The molecule has 0 saturated carbocycles. The van der Waals surface area contributed by atoms with Crippen molar-refractivity contribution in [2.24, 2.45) is 0 Å². The van der Waals surface area contributed by atoms with E-state index in [4.69, 9.17) is 9.16 Å². The fourth-order valence-electron chi connectivity index (χ4n) is 2.64. The van der Waals surface area contributed by atoms with E-state index in [-0.39, 0.29) is 17.8 Å². The summed E-state index contributed by atoms with van der Waals surface area (Å²) in [4.78, 5) is 23.9. The Labute approximate surface area is 170 Å². The topological polar surface area (TPSA) is 76.7 Å². The van der Waals surface area contributed by atoms with E-state index < -0.39 is 8.32 Å². The van der Waals surface area contributed by atoms with Crippen molar-refractivity contribution in [3.05, 3.63) is 23.8 Å². The van der Waals surface area contributed by atoms with E-state index in [1.54, 1.807) is 18.2 Å². The van der Waals surface area contributed by atoms with Crippen LogP contribution < -0.4 is 15.4 Å². The van der Waals surface area contributed by atoms with Gasteiger partial charge in [-0.1, -0.05) is 20.8 Å². The lowest BCUT2D eigenvalue weighted by Crippen LogP contribution is -2.43. The Morgan fingerprint density at radius 1 is 1.18 bits per heavy atom. The van der Waals surface area contributed by atoms with E-state index in [1.165, 1.54) is 6.92 Å². The number of ether oxygens (including phenoxy) is 1. The monoisotopic (exact) mass is 408 g/mol. The number of hydrogen-bond donors (Lipinski definition) is 2. The highest BCUT2D eigenvalue weighted by molar-refractivity contribution is 6.69. The van der Waals surface area contributed by atoms with Crippen molar-refractivity contribution in [3.63, 3.8) is 0 Å². The van der Waals surface area contributed by atoms with Crippen molar-refractivity contribution < 1.29 is 18.8 Å². The minimum atomic E-state index is -1.74. The standard InChI is InChI=1S/C21H36N2O4Si/c1-8-9-21(25)23-17-10-11-20(19(12-17)16(4)24)26-14-18(13-22-15(2)3)27-28(5,6)7/h10-12,15,18,22H,8-9,13-14H2,1-7H3,(H,23,25). The van der Waals surface area contributed by atoms with Gasteiger partial charge in [0.25, 0.3) is 0 Å². The SMILES string of the molecule is CCCC(=O)Nc1ccc(OCC(CNC(C)C)O[Si](C)(C)C)c(C(C)=O)c1. The normalized spacial score (nSPS) is 12.7. The first-order valence-electron chi connectivity index (χ1n) is 10.0. The van der Waals surface area contributed by atoms with Crippen LogP contribution in [0.15, 0.2) is 18.2 Å². The molecule has 1 rings (SSSR count). The summed E-state index contributed by atoms with van der Waals surface area (Å²) in [6.07, 6.45) is 1.12. The first-order chi connectivity index (χ1) is 13.0. The molecule has 1 amide bonds. The number of anilines is 1. The molecule has 0 saturated heterocycles. The van der Waals surface area contributed by atoms with Crippen LogP contribution in [0.5, 0.6) is 5.75 Å². The maximum atomic E-state index is 12.1. The number of nitrogens with one attached hydrogen (secondary N) is 2. The average Bonchev–Trinajstić information content (AvgIpc) is 2.56. The summed E-state index contributed by atoms with van der Waals surface area (Å²) in [5.74, 6) is 0.341. The summed E-state index contributed by atoms with van der Waals surface area (Å²) >= 11 is 0. The summed E-state index contributed by atoms with van der Waals surface area (Å²) in [5.41, 5.74) is 1.06. The van der Waals surface area contributed by atoms with Gasteiger partial charge < -0.3 is 19.8 Å². The number of hydrogen-bond acceptors (Lipinski definition) is 5. The van der Waals surface area contributed by atoms with Gasteiger partial charge in [-0.15, -0.1) is 0 Å². The Morgan fingerprint density at radius 3 is 2.39 bits per heavy atom. The summed E-state index contributed by atoms with van der Waals surface area (Å²) in [6, 6.07) is 5.52. The van der Waals surface area contributed by atoms with E-state index in [1.807, 2.05) is 6.92 Å². The van der Waals surface area contributed by atoms with Gasteiger partial charge in [0.2, 0.25) is 5.91 Å². The Bertz CT molecular complexity index is 656. The molecule has 0 fully saturated rings. The Hall–Kier alpha value is -1.70. The highest BCUT2D eigenvalue weighted by Crippen LogP contribution is 2.24. The molecule has 0 aliphatic heterocycles. The van der Waals surface area contributed by atoms with Crippen molar-refractivity contribution >= 4 is 25.7 Å². The molecule has 1 unspecified atom stereocenters. The molecule has 0 aliphatic rings. The lowest BCUT2D eigenvalue weighted by molar-refractivity contribution is -0.116. The molecule has 0 aromatic heterocycles. The molecule has 0 bridgehead atoms. The van der Waals surface area contributed by atoms with Gasteiger partial charge in [0.15, 0.2) is 14.1 Å². The van der Waals surface area contributed by atoms with Gasteiger partial charge in [0.1, 0.15) is 12.4 Å². The number of carbonyl (C=O) groups excluding carboxylic acids is 2. The third-order valence-electron chi connectivity index (χ3n) is 3.82. The molecule has 158 valence electrons. The Kier molecular flexibility index (Phi) is 9.85. The van der Waals surface area contributed by atoms with Crippen molar-refractivity contribution in [1.29, 1.82) is 0 Å². The second-order valence-corrected chi connectivity index (χ2v) is 12.8. The first kappa shape index (κ1) is 24.3. The van der Waals surface area contributed by atoms with E-state index in [2.05, 4.69) is 44.1 Å². The van der Waals surface area contributed by atoms with Crippen LogP contribution in [0.2, 0.25) is 19.6 Å². The zero-order chi connectivity index (χ0) is 21.3. The van der Waals surface area contributed by atoms with E-state index in [9.17, 15) is 9.59 Å². The molecule has 6 nitrogen and oxygen atoms in total. The minimum absolute atomic E-state index is 0.0611. The summed E-state index contributed by atoms with van der Waals surface area (Å²) < 4.78 is 12.2. The summed E-state index contributed by atoms with van der Waals surface area (Å²) in [6.45, 7) is 15.1. The van der Waals surface area contributed by atoms with Crippen LogP contribution in [0.1, 0.15) is 50.9 Å². The minimum Gasteiger partial charge on any atom is -0.490 e. The molecular weight excluding hydrogens is 372 g/mol. The molecule has 1 aromatic rings. The molecule has 0 radical (unpaired) electrons. The second-order valence-electron chi connectivity index (χ2n) is 8.29. The van der Waals surface area contributed by atoms with Crippen LogP contribution in [0.3, 0.4) is 0 Å². The number of amides is 1. The predicted octanol–water partition coefficient (Wildman–Crippen LogP) is 4.22. The van der Waals surface area contributed by atoms with Crippen LogP contribution in [0.4, 0.5) is 5.69 Å². The van der Waals surface area contributed by atoms with Crippen LogP contribution >= 0.6 is 0 Å². The van der Waals surface area contributed by atoms with Gasteiger partial charge >= 0.3 is 0 Å². The summed E-state index contributed by atoms with van der Waals surface area (Å²) in [5, 5.41) is 6.21. The molecule has 28 heavy (non-hydrogen) atoms. The lowest BCUT2D eigenvalue weighted by Gasteiger charge is -2.27. The van der Waals surface area contributed by atoms with Crippen LogP contribution in [0.25, 0.3) is 0 Å². The molecule has 0 heterocycles. The highest BCUT2D eigenvalue weighted by Gasteiger charge is 2.22. The average molecular weight is 409 g/mol. The van der Waals surface area contributed by atoms with Crippen molar-refractivity contribution in [1.82, 2.24) is 5.32 Å². The first-order valence-corrected chi connectivity index (χ1v) is 13.4. The summed E-state index contributed by atoms with van der Waals surface area (Å²) in [7, 11) is -1.74.